The molecule has 1 N–H and O–H groups in total. The summed E-state index contributed by atoms with van der Waals surface area (Å²) < 4.78 is 11.4. The van der Waals surface area contributed by atoms with Crippen LogP contribution in [-0.4, -0.2) is 14.8 Å². The third kappa shape index (κ3) is 4.99. The largest absolute Gasteiger partial charge is 0.456 e. The second kappa shape index (κ2) is 12.4. The highest BCUT2D eigenvalue weighted by Crippen LogP contribution is 2.41. The zero-order valence-corrected chi connectivity index (χ0v) is 30.8. The van der Waals surface area contributed by atoms with Crippen molar-refractivity contribution >= 4 is 77.0 Å². The number of benzene rings is 8. The highest BCUT2D eigenvalue weighted by molar-refractivity contribution is 6.19. The number of nitrogens with zero attached hydrogens (tertiary/aromatic N) is 3. The van der Waals surface area contributed by atoms with Gasteiger partial charge in [-0.15, -0.1) is 0 Å². The van der Waals surface area contributed by atoms with Gasteiger partial charge in [-0.2, -0.15) is 0 Å². The van der Waals surface area contributed by atoms with Gasteiger partial charge in [-0.05, 0) is 77.9 Å². The maximum Gasteiger partial charge on any atom is 0.145 e. The SMILES string of the molecule is C1=C(c2ccccc2)NC(c2ccc3c(c2)oc2ccc(-n4c5ccccc5c5cc6c7ccccc7n(-c7ccccc7)c6cc54)cc23)N=C1c1ccccc1. The van der Waals surface area contributed by atoms with Crippen LogP contribution in [0.3, 0.4) is 0 Å². The number of aromatic nitrogens is 2. The molecule has 5 heteroatoms. The van der Waals surface area contributed by atoms with Crippen molar-refractivity contribution in [1.29, 1.82) is 0 Å². The van der Waals surface area contributed by atoms with Crippen LogP contribution in [0.5, 0.6) is 0 Å². The fourth-order valence-corrected chi connectivity index (χ4v) is 8.90. The summed E-state index contributed by atoms with van der Waals surface area (Å²) in [6.45, 7) is 0. The highest BCUT2D eigenvalue weighted by Gasteiger charge is 2.22. The number of rotatable bonds is 5. The minimum absolute atomic E-state index is 0.283. The van der Waals surface area contributed by atoms with Crippen LogP contribution >= 0.6 is 0 Å². The van der Waals surface area contributed by atoms with Gasteiger partial charge in [-0.25, -0.2) is 0 Å². The maximum atomic E-state index is 6.61. The van der Waals surface area contributed by atoms with Crippen molar-refractivity contribution in [2.45, 2.75) is 6.17 Å². The lowest BCUT2D eigenvalue weighted by Crippen LogP contribution is -2.24. The molecule has 0 saturated carbocycles. The molecule has 1 aliphatic heterocycles. The van der Waals surface area contributed by atoms with Crippen molar-refractivity contribution in [1.82, 2.24) is 14.5 Å². The fraction of sp³-hybridized carbons (Fsp3) is 0.0192. The first-order valence-electron chi connectivity index (χ1n) is 19.4. The smallest absolute Gasteiger partial charge is 0.145 e. The Hall–Kier alpha value is -7.63. The molecule has 12 rings (SSSR count). The van der Waals surface area contributed by atoms with E-state index < -0.39 is 0 Å². The van der Waals surface area contributed by atoms with E-state index in [-0.39, 0.29) is 6.17 Å². The fourth-order valence-electron chi connectivity index (χ4n) is 8.90. The van der Waals surface area contributed by atoms with Crippen LogP contribution < -0.4 is 5.32 Å². The van der Waals surface area contributed by atoms with E-state index in [2.05, 4.69) is 196 Å². The van der Waals surface area contributed by atoms with Crippen LogP contribution in [0.2, 0.25) is 0 Å². The third-order valence-corrected chi connectivity index (χ3v) is 11.5. The number of para-hydroxylation sites is 3. The normalized spacial score (nSPS) is 14.5. The number of hydrogen-bond acceptors (Lipinski definition) is 3. The highest BCUT2D eigenvalue weighted by atomic mass is 16.3. The minimum atomic E-state index is -0.283. The van der Waals surface area contributed by atoms with Crippen molar-refractivity contribution in [2.24, 2.45) is 4.99 Å². The van der Waals surface area contributed by atoms with Gasteiger partial charge in [0.1, 0.15) is 17.3 Å². The zero-order chi connectivity index (χ0) is 37.5. The van der Waals surface area contributed by atoms with Crippen LogP contribution in [0.25, 0.3) is 82.6 Å². The van der Waals surface area contributed by atoms with E-state index in [1.165, 1.54) is 38.1 Å². The lowest BCUT2D eigenvalue weighted by atomic mass is 10.0. The van der Waals surface area contributed by atoms with Crippen LogP contribution in [0, 0.1) is 0 Å². The molecule has 1 unspecified atom stereocenters. The van der Waals surface area contributed by atoms with Crippen LogP contribution in [0.4, 0.5) is 0 Å². The van der Waals surface area contributed by atoms with Crippen molar-refractivity contribution in [3.8, 4) is 11.4 Å². The summed E-state index contributed by atoms with van der Waals surface area (Å²) in [5.74, 6) is 0. The molecule has 4 heterocycles. The van der Waals surface area contributed by atoms with Crippen LogP contribution in [0.15, 0.2) is 204 Å². The number of furan rings is 1. The number of aliphatic imine (C=N–C) groups is 1. The molecular formula is C52H34N4O. The first kappa shape index (κ1) is 31.7. The summed E-state index contributed by atoms with van der Waals surface area (Å²) in [7, 11) is 0. The Morgan fingerprint density at radius 3 is 1.74 bits per heavy atom. The summed E-state index contributed by atoms with van der Waals surface area (Å²) in [5, 5.41) is 10.8. The van der Waals surface area contributed by atoms with E-state index in [1.807, 2.05) is 12.1 Å². The Balaban J connectivity index is 1.01. The van der Waals surface area contributed by atoms with E-state index in [0.717, 1.165) is 66.9 Å². The summed E-state index contributed by atoms with van der Waals surface area (Å²) in [6.07, 6.45) is 1.86. The van der Waals surface area contributed by atoms with Crippen molar-refractivity contribution in [2.75, 3.05) is 0 Å². The van der Waals surface area contributed by atoms with Gasteiger partial charge in [-0.1, -0.05) is 127 Å². The van der Waals surface area contributed by atoms with Gasteiger partial charge in [0.15, 0.2) is 0 Å². The standard InChI is InChI=1S/C52H34N4O/c1-4-14-33(15-5-1)44-31-45(34-16-6-2-7-17-34)54-52(53-44)35-24-26-40-43-29-37(25-27-50(43)57-51(40)28-35)56-47-23-13-11-21-39(47)42-30-41-38-20-10-12-22-46(38)55(48(41)32-49(42)56)36-18-8-3-9-19-36/h1-32,52-53H. The monoisotopic (exact) mass is 730 g/mol. The Labute approximate surface area is 328 Å². The topological polar surface area (TPSA) is 47.4 Å². The number of fused-ring (bicyclic) bond motifs is 9. The molecule has 268 valence electrons. The molecule has 0 saturated heterocycles. The Morgan fingerprint density at radius 2 is 1.04 bits per heavy atom. The summed E-state index contributed by atoms with van der Waals surface area (Å²) in [4.78, 5) is 5.21. The first-order chi connectivity index (χ1) is 28.2. The van der Waals surface area contributed by atoms with E-state index in [1.54, 1.807) is 0 Å². The van der Waals surface area contributed by atoms with E-state index in [4.69, 9.17) is 9.41 Å². The minimum Gasteiger partial charge on any atom is -0.456 e. The summed E-state index contributed by atoms with van der Waals surface area (Å²) in [5.41, 5.74) is 13.9. The molecule has 1 aliphatic rings. The summed E-state index contributed by atoms with van der Waals surface area (Å²) >= 11 is 0. The zero-order valence-electron chi connectivity index (χ0n) is 30.8. The molecule has 11 aromatic rings. The molecule has 8 aromatic carbocycles. The summed E-state index contributed by atoms with van der Waals surface area (Å²) in [6, 6.07) is 66.8. The number of nitrogens with one attached hydrogen (secondary N) is 1. The molecule has 0 bridgehead atoms. The number of allylic oxidation sites excluding steroid dienone is 1. The van der Waals surface area contributed by atoms with Gasteiger partial charge >= 0.3 is 0 Å². The van der Waals surface area contributed by atoms with Gasteiger partial charge in [0, 0.05) is 55.0 Å². The Kier molecular flexibility index (Phi) is 6.92. The van der Waals surface area contributed by atoms with Gasteiger partial charge in [0.25, 0.3) is 0 Å². The van der Waals surface area contributed by atoms with Crippen molar-refractivity contribution < 1.29 is 4.42 Å². The average molecular weight is 731 g/mol. The van der Waals surface area contributed by atoms with E-state index in [9.17, 15) is 0 Å². The predicted octanol–water partition coefficient (Wildman–Crippen LogP) is 12.9. The Morgan fingerprint density at radius 1 is 0.421 bits per heavy atom. The molecule has 0 amide bonds. The molecule has 0 fully saturated rings. The molecule has 3 aromatic heterocycles. The second-order valence-electron chi connectivity index (χ2n) is 14.8. The molecule has 0 radical (unpaired) electrons. The van der Waals surface area contributed by atoms with Crippen molar-refractivity contribution in [3.63, 3.8) is 0 Å². The molecule has 1 atom stereocenters. The first-order valence-corrected chi connectivity index (χ1v) is 19.4. The predicted molar refractivity (Wildman–Crippen MR) is 236 cm³/mol. The van der Waals surface area contributed by atoms with E-state index in [0.29, 0.717) is 0 Å². The van der Waals surface area contributed by atoms with Gasteiger partial charge < -0.3 is 18.9 Å². The lowest BCUT2D eigenvalue weighted by molar-refractivity contribution is 0.650. The maximum absolute atomic E-state index is 6.61. The molecule has 0 spiro atoms. The lowest BCUT2D eigenvalue weighted by Gasteiger charge is -2.25. The average Bonchev–Trinajstić information content (AvgIpc) is 3.93. The van der Waals surface area contributed by atoms with Gasteiger partial charge in [-0.3, -0.25) is 4.99 Å². The van der Waals surface area contributed by atoms with Crippen LogP contribution in [-0.2, 0) is 0 Å². The van der Waals surface area contributed by atoms with Crippen molar-refractivity contribution in [3.05, 3.63) is 211 Å². The molecular weight excluding hydrogens is 697 g/mol. The molecule has 57 heavy (non-hydrogen) atoms. The second-order valence-corrected chi connectivity index (χ2v) is 14.8. The van der Waals surface area contributed by atoms with Gasteiger partial charge in [0.2, 0.25) is 0 Å². The van der Waals surface area contributed by atoms with Gasteiger partial charge in [0.05, 0.1) is 27.8 Å². The quantitative estimate of drug-likeness (QED) is 0.192. The van der Waals surface area contributed by atoms with Crippen LogP contribution in [0.1, 0.15) is 22.9 Å². The molecule has 0 aliphatic carbocycles. The Bertz CT molecular complexity index is 3420. The number of hydrogen-bond donors (Lipinski definition) is 1. The van der Waals surface area contributed by atoms with E-state index >= 15 is 0 Å². The third-order valence-electron chi connectivity index (χ3n) is 11.5. The molecule has 5 nitrogen and oxygen atoms in total.